The number of carboxylic acids is 1. The number of esters is 2. The van der Waals surface area contributed by atoms with Gasteiger partial charge in [0.25, 0.3) is 0 Å². The summed E-state index contributed by atoms with van der Waals surface area (Å²) in [6.45, 7) is 4.67. The van der Waals surface area contributed by atoms with Crippen LogP contribution in [0.1, 0.15) is 168 Å². The van der Waals surface area contributed by atoms with Crippen LogP contribution < -0.4 is 0 Å². The molecule has 8 heteroatoms. The maximum Gasteiger partial charge on any atom is 0.362 e. The van der Waals surface area contributed by atoms with E-state index in [1.165, 1.54) is 77.0 Å². The molecule has 8 nitrogen and oxygen atoms in total. The van der Waals surface area contributed by atoms with E-state index in [4.69, 9.17) is 14.2 Å². The number of unbranched alkanes of at least 4 members (excludes halogenated alkanes) is 18. The molecule has 47 heavy (non-hydrogen) atoms. The number of carbonyl (C=O) groups excluding carboxylic acids is 2. The molecule has 2 atom stereocenters. The number of nitrogens with zero attached hydrogens (tertiary/aromatic N) is 1. The van der Waals surface area contributed by atoms with Crippen LogP contribution in [0.4, 0.5) is 0 Å². The van der Waals surface area contributed by atoms with Gasteiger partial charge in [0.15, 0.2) is 12.1 Å². The zero-order valence-electron chi connectivity index (χ0n) is 31.2. The highest BCUT2D eigenvalue weighted by Crippen LogP contribution is 2.14. The van der Waals surface area contributed by atoms with Crippen LogP contribution in [0.25, 0.3) is 0 Å². The van der Waals surface area contributed by atoms with Gasteiger partial charge in [0.2, 0.25) is 0 Å². The number of carboxylic acid groups (broad SMARTS) is 1. The molecule has 0 heterocycles. The van der Waals surface area contributed by atoms with E-state index in [1.54, 1.807) is 0 Å². The second-order valence-corrected chi connectivity index (χ2v) is 14.2. The van der Waals surface area contributed by atoms with Crippen LogP contribution in [0.5, 0.6) is 0 Å². The molecule has 0 aliphatic heterocycles. The van der Waals surface area contributed by atoms with Crippen LogP contribution in [0.3, 0.4) is 0 Å². The Labute approximate surface area is 289 Å². The average molecular weight is 669 g/mol. The third kappa shape index (κ3) is 29.9. The highest BCUT2D eigenvalue weighted by atomic mass is 16.6. The van der Waals surface area contributed by atoms with E-state index < -0.39 is 18.1 Å². The molecule has 0 spiro atoms. The first-order chi connectivity index (χ1) is 22.6. The first-order valence-corrected chi connectivity index (χ1v) is 19.2. The number of carbonyl (C=O) groups is 3. The molecule has 0 saturated heterocycles. The lowest BCUT2D eigenvalue weighted by molar-refractivity contribution is -0.887. The van der Waals surface area contributed by atoms with E-state index in [9.17, 15) is 19.5 Å². The lowest BCUT2D eigenvalue weighted by Gasteiger charge is -2.31. The molecule has 0 aromatic rings. The topological polar surface area (TPSA) is 99.1 Å². The Kier molecular flexibility index (Phi) is 30.1. The maximum atomic E-state index is 12.6. The molecule has 0 saturated carbocycles. The van der Waals surface area contributed by atoms with Crippen molar-refractivity contribution in [1.29, 1.82) is 0 Å². The van der Waals surface area contributed by atoms with E-state index in [1.807, 2.05) is 21.1 Å². The summed E-state index contributed by atoms with van der Waals surface area (Å²) < 4.78 is 17.2. The standard InChI is InChI=1S/C39H73NO7/c1-6-8-10-12-14-16-18-19-20-22-23-25-27-29-37(41)46-34-35(33-45-32-31-36(39(43)44)40(3,4)5)47-38(42)30-28-26-24-21-17-15-13-11-9-7-2/h13,15,35-36H,6-12,14,16-34H2,1-5H3/p+1/b15-13+. The number of rotatable bonds is 34. The second-order valence-electron chi connectivity index (χ2n) is 14.2. The number of likely N-dealkylation sites (N-methyl/N-ethyl adjacent to an activating group) is 1. The Morgan fingerprint density at radius 2 is 1.09 bits per heavy atom. The molecule has 0 radical (unpaired) electrons. The van der Waals surface area contributed by atoms with Crippen LogP contribution in [0, 0.1) is 0 Å². The SMILES string of the molecule is CCCC/C=C/CCCCCCC(=O)OC(COCCC(C(=O)O)[N+](C)(C)C)COC(=O)CCCCCCCCCCCCCCC. The quantitative estimate of drug-likeness (QED) is 0.0315. The third-order valence-electron chi connectivity index (χ3n) is 8.66. The molecular formula is C39H74NO7+. The molecule has 0 aromatic carbocycles. The zero-order chi connectivity index (χ0) is 35.0. The van der Waals surface area contributed by atoms with Crippen molar-refractivity contribution in [1.82, 2.24) is 0 Å². The van der Waals surface area contributed by atoms with Gasteiger partial charge < -0.3 is 23.8 Å². The van der Waals surface area contributed by atoms with Crippen LogP contribution in [-0.4, -0.2) is 80.6 Å². The Morgan fingerprint density at radius 3 is 1.60 bits per heavy atom. The van der Waals surface area contributed by atoms with Crippen molar-refractivity contribution in [3.8, 4) is 0 Å². The maximum absolute atomic E-state index is 12.6. The summed E-state index contributed by atoms with van der Waals surface area (Å²) in [6, 6.07) is -0.610. The van der Waals surface area contributed by atoms with Crippen molar-refractivity contribution in [3.63, 3.8) is 0 Å². The fourth-order valence-corrected chi connectivity index (χ4v) is 5.60. The Balaban J connectivity index is 4.40. The molecule has 1 N–H and O–H groups in total. The Bertz CT molecular complexity index is 793. The van der Waals surface area contributed by atoms with Crippen molar-refractivity contribution in [3.05, 3.63) is 12.2 Å². The number of hydrogen-bond donors (Lipinski definition) is 1. The predicted molar refractivity (Wildman–Crippen MR) is 192 cm³/mol. The van der Waals surface area contributed by atoms with Gasteiger partial charge in [-0.2, -0.15) is 0 Å². The minimum Gasteiger partial charge on any atom is -0.477 e. The van der Waals surface area contributed by atoms with E-state index in [-0.39, 0.29) is 36.2 Å². The van der Waals surface area contributed by atoms with Crippen molar-refractivity contribution in [2.45, 2.75) is 180 Å². The van der Waals surface area contributed by atoms with Crippen LogP contribution >= 0.6 is 0 Å². The van der Waals surface area contributed by atoms with Gasteiger partial charge in [-0.1, -0.05) is 129 Å². The van der Waals surface area contributed by atoms with E-state index in [0.29, 0.717) is 19.3 Å². The summed E-state index contributed by atoms with van der Waals surface area (Å²) in [5, 5.41) is 9.57. The number of ether oxygens (including phenoxy) is 3. The monoisotopic (exact) mass is 669 g/mol. The zero-order valence-corrected chi connectivity index (χ0v) is 31.2. The first-order valence-electron chi connectivity index (χ1n) is 19.2. The molecule has 0 fully saturated rings. The second kappa shape index (κ2) is 31.3. The van der Waals surface area contributed by atoms with Crippen LogP contribution in [-0.2, 0) is 28.6 Å². The first kappa shape index (κ1) is 45.1. The number of hydrogen-bond acceptors (Lipinski definition) is 6. The molecule has 276 valence electrons. The lowest BCUT2D eigenvalue weighted by Crippen LogP contribution is -2.50. The highest BCUT2D eigenvalue weighted by molar-refractivity contribution is 5.72. The van der Waals surface area contributed by atoms with Crippen molar-refractivity contribution >= 4 is 17.9 Å². The number of allylic oxidation sites excluding steroid dienone is 2. The fourth-order valence-electron chi connectivity index (χ4n) is 5.60. The van der Waals surface area contributed by atoms with Crippen molar-refractivity contribution in [2.75, 3.05) is 41.0 Å². The number of aliphatic carboxylic acids is 1. The smallest absolute Gasteiger partial charge is 0.362 e. The Hall–Kier alpha value is -1.93. The minimum absolute atomic E-state index is 0.0505. The fraction of sp³-hybridized carbons (Fsp3) is 0.872. The largest absolute Gasteiger partial charge is 0.477 e. The van der Waals surface area contributed by atoms with Gasteiger partial charge in [0.1, 0.15) is 6.61 Å². The highest BCUT2D eigenvalue weighted by Gasteiger charge is 2.31. The summed E-state index contributed by atoms with van der Waals surface area (Å²) in [6.07, 6.45) is 29.6. The molecular weight excluding hydrogens is 594 g/mol. The van der Waals surface area contributed by atoms with Gasteiger partial charge in [-0.25, -0.2) is 4.79 Å². The molecule has 0 amide bonds. The lowest BCUT2D eigenvalue weighted by atomic mass is 10.0. The average Bonchev–Trinajstić information content (AvgIpc) is 3.01. The van der Waals surface area contributed by atoms with Crippen molar-refractivity contribution < 1.29 is 38.2 Å². The van der Waals surface area contributed by atoms with Crippen LogP contribution in [0.2, 0.25) is 0 Å². The summed E-state index contributed by atoms with van der Waals surface area (Å²) >= 11 is 0. The van der Waals surface area contributed by atoms with E-state index in [2.05, 4.69) is 26.0 Å². The molecule has 0 rings (SSSR count). The van der Waals surface area contributed by atoms with E-state index >= 15 is 0 Å². The van der Waals surface area contributed by atoms with Gasteiger partial charge in [-0.15, -0.1) is 0 Å². The van der Waals surface area contributed by atoms with Gasteiger partial charge in [-0.05, 0) is 32.1 Å². The predicted octanol–water partition coefficient (Wildman–Crippen LogP) is 9.58. The van der Waals surface area contributed by atoms with Crippen LogP contribution in [0.15, 0.2) is 12.2 Å². The normalized spacial score (nSPS) is 13.1. The molecule has 0 aromatic heterocycles. The summed E-state index contributed by atoms with van der Waals surface area (Å²) in [4.78, 5) is 36.7. The molecule has 0 aliphatic carbocycles. The minimum atomic E-state index is -0.876. The summed E-state index contributed by atoms with van der Waals surface area (Å²) in [5.74, 6) is -1.48. The van der Waals surface area contributed by atoms with Gasteiger partial charge in [-0.3, -0.25) is 9.59 Å². The Morgan fingerprint density at radius 1 is 0.617 bits per heavy atom. The van der Waals surface area contributed by atoms with Gasteiger partial charge in [0, 0.05) is 19.3 Å². The van der Waals surface area contributed by atoms with Gasteiger partial charge >= 0.3 is 17.9 Å². The summed E-state index contributed by atoms with van der Waals surface area (Å²) in [7, 11) is 5.51. The van der Waals surface area contributed by atoms with Gasteiger partial charge in [0.05, 0.1) is 34.4 Å². The molecule has 0 bridgehead atoms. The van der Waals surface area contributed by atoms with Crippen molar-refractivity contribution in [2.24, 2.45) is 0 Å². The van der Waals surface area contributed by atoms with E-state index in [0.717, 1.165) is 57.8 Å². The third-order valence-corrected chi connectivity index (χ3v) is 8.66. The summed E-state index contributed by atoms with van der Waals surface area (Å²) in [5.41, 5.74) is 0. The molecule has 2 unspecified atom stereocenters. The molecule has 0 aliphatic rings. The number of quaternary nitrogens is 1.